The van der Waals surface area contributed by atoms with Crippen LogP contribution >= 0.6 is 0 Å². The Hall–Kier alpha value is -3.52. The summed E-state index contributed by atoms with van der Waals surface area (Å²) in [5, 5.41) is 3.01. The molecule has 0 unspecified atom stereocenters. The molecular formula is C27H26F3N3O2. The van der Waals surface area contributed by atoms with Gasteiger partial charge in [0.1, 0.15) is 17.0 Å². The zero-order valence-corrected chi connectivity index (χ0v) is 19.1. The monoisotopic (exact) mass is 481 g/mol. The van der Waals surface area contributed by atoms with Gasteiger partial charge in [-0.1, -0.05) is 42.5 Å². The molecule has 8 heteroatoms. The van der Waals surface area contributed by atoms with E-state index in [0.717, 1.165) is 30.4 Å². The molecule has 0 saturated carbocycles. The van der Waals surface area contributed by atoms with Crippen molar-refractivity contribution in [2.75, 3.05) is 24.7 Å². The number of carbonyl (C=O) groups excluding carboxylic acids is 1. The Morgan fingerprint density at radius 1 is 0.914 bits per heavy atom. The van der Waals surface area contributed by atoms with Crippen LogP contribution in [0.25, 0.3) is 0 Å². The highest BCUT2D eigenvalue weighted by molar-refractivity contribution is 5.93. The standard InChI is InChI=1S/C27H26F3N3O2/c28-27(29,30)23-11-4-5-12-24(23)35-22-10-6-7-20(17-22)18-32-15-13-26(14-16-32)25(34)31-19-33(26)21-8-2-1-3-9-21/h1-12,17H,13-16,18-19H2,(H,31,34). The van der Waals surface area contributed by atoms with E-state index < -0.39 is 17.3 Å². The van der Waals surface area contributed by atoms with Gasteiger partial charge in [0.15, 0.2) is 0 Å². The minimum atomic E-state index is -4.49. The number of anilines is 1. The Bertz CT molecular complexity index is 1190. The molecule has 1 N–H and O–H groups in total. The number of piperidine rings is 1. The Labute approximate surface area is 202 Å². The molecule has 5 rings (SSSR count). The predicted octanol–water partition coefficient (Wildman–Crippen LogP) is 5.43. The third kappa shape index (κ3) is 4.71. The number of hydrogen-bond acceptors (Lipinski definition) is 4. The van der Waals surface area contributed by atoms with E-state index in [1.54, 1.807) is 18.2 Å². The number of nitrogens with one attached hydrogen (secondary N) is 1. The molecule has 2 aliphatic rings. The van der Waals surface area contributed by atoms with Gasteiger partial charge < -0.3 is 15.0 Å². The summed E-state index contributed by atoms with van der Waals surface area (Å²) in [4.78, 5) is 17.3. The molecule has 182 valence electrons. The van der Waals surface area contributed by atoms with Crippen LogP contribution in [0.4, 0.5) is 18.9 Å². The first-order valence-corrected chi connectivity index (χ1v) is 11.6. The Balaban J connectivity index is 1.26. The molecule has 0 atom stereocenters. The molecule has 3 aromatic carbocycles. The lowest BCUT2D eigenvalue weighted by Gasteiger charge is -2.43. The molecule has 0 bridgehead atoms. The maximum Gasteiger partial charge on any atom is 0.419 e. The van der Waals surface area contributed by atoms with Crippen LogP contribution in [0.2, 0.25) is 0 Å². The summed E-state index contributed by atoms with van der Waals surface area (Å²) < 4.78 is 45.6. The maximum atomic E-state index is 13.3. The molecule has 2 saturated heterocycles. The number of likely N-dealkylation sites (tertiary alicyclic amines) is 1. The van der Waals surface area contributed by atoms with Crippen LogP contribution in [0.3, 0.4) is 0 Å². The van der Waals surface area contributed by atoms with Gasteiger partial charge in [-0.05, 0) is 54.8 Å². The molecule has 5 nitrogen and oxygen atoms in total. The summed E-state index contributed by atoms with van der Waals surface area (Å²) in [6.45, 7) is 2.60. The first-order valence-electron chi connectivity index (χ1n) is 11.6. The summed E-state index contributed by atoms with van der Waals surface area (Å²) in [6, 6.07) is 22.3. The quantitative estimate of drug-likeness (QED) is 0.528. The normalized spacial score (nSPS) is 18.0. The molecule has 0 radical (unpaired) electrons. The van der Waals surface area contributed by atoms with E-state index in [1.165, 1.54) is 18.2 Å². The van der Waals surface area contributed by atoms with E-state index in [1.807, 2.05) is 36.4 Å². The summed E-state index contributed by atoms with van der Waals surface area (Å²) >= 11 is 0. The summed E-state index contributed by atoms with van der Waals surface area (Å²) in [6.07, 6.45) is -3.09. The number of carbonyl (C=O) groups is 1. The second kappa shape index (κ2) is 9.26. The average molecular weight is 482 g/mol. The highest BCUT2D eigenvalue weighted by atomic mass is 19.4. The zero-order valence-electron chi connectivity index (χ0n) is 19.1. The first kappa shape index (κ1) is 23.2. The summed E-state index contributed by atoms with van der Waals surface area (Å²) in [7, 11) is 0. The number of para-hydroxylation sites is 2. The van der Waals surface area contributed by atoms with E-state index >= 15 is 0 Å². The molecule has 3 aromatic rings. The average Bonchev–Trinajstić information content (AvgIpc) is 3.16. The highest BCUT2D eigenvalue weighted by Crippen LogP contribution is 2.39. The van der Waals surface area contributed by atoms with Gasteiger partial charge in [-0.2, -0.15) is 13.2 Å². The number of halogens is 3. The summed E-state index contributed by atoms with van der Waals surface area (Å²) in [5.74, 6) is 0.211. The van der Waals surface area contributed by atoms with Crippen molar-refractivity contribution in [1.82, 2.24) is 10.2 Å². The Morgan fingerprint density at radius 2 is 1.63 bits per heavy atom. The van der Waals surface area contributed by atoms with E-state index in [-0.39, 0.29) is 11.7 Å². The lowest BCUT2D eigenvalue weighted by molar-refractivity contribution is -0.138. The number of nitrogens with zero attached hydrogens (tertiary/aromatic N) is 2. The molecule has 0 aromatic heterocycles. The van der Waals surface area contributed by atoms with Crippen molar-refractivity contribution >= 4 is 11.6 Å². The van der Waals surface area contributed by atoms with Gasteiger partial charge in [0.25, 0.3) is 0 Å². The van der Waals surface area contributed by atoms with Gasteiger partial charge in [0.05, 0.1) is 12.2 Å². The summed E-state index contributed by atoms with van der Waals surface area (Å²) in [5.41, 5.74) is 0.621. The fraction of sp³-hybridized carbons (Fsp3) is 0.296. The molecule has 1 spiro atoms. The Kier molecular flexibility index (Phi) is 6.15. The van der Waals surface area contributed by atoms with Gasteiger partial charge in [-0.25, -0.2) is 0 Å². The van der Waals surface area contributed by atoms with Crippen LogP contribution in [0.5, 0.6) is 11.5 Å². The molecule has 35 heavy (non-hydrogen) atoms. The van der Waals surface area contributed by atoms with Crippen molar-refractivity contribution in [1.29, 1.82) is 0 Å². The largest absolute Gasteiger partial charge is 0.457 e. The number of amides is 1. The van der Waals surface area contributed by atoms with Gasteiger partial charge in [-0.3, -0.25) is 9.69 Å². The second-order valence-electron chi connectivity index (χ2n) is 8.98. The fourth-order valence-electron chi connectivity index (χ4n) is 5.00. The van der Waals surface area contributed by atoms with Crippen molar-refractivity contribution in [2.45, 2.75) is 31.1 Å². The number of benzene rings is 3. The van der Waals surface area contributed by atoms with Gasteiger partial charge >= 0.3 is 6.18 Å². The minimum absolute atomic E-state index is 0.0692. The van der Waals surface area contributed by atoms with Crippen LogP contribution < -0.4 is 15.0 Å². The van der Waals surface area contributed by atoms with Crippen LogP contribution in [0.15, 0.2) is 78.9 Å². The molecular weight excluding hydrogens is 455 g/mol. The molecule has 2 heterocycles. The number of hydrogen-bond donors (Lipinski definition) is 1. The number of ether oxygens (including phenoxy) is 1. The van der Waals surface area contributed by atoms with Crippen molar-refractivity contribution in [2.24, 2.45) is 0 Å². The van der Waals surface area contributed by atoms with E-state index in [4.69, 9.17) is 4.74 Å². The number of rotatable bonds is 5. The van der Waals surface area contributed by atoms with E-state index in [2.05, 4.69) is 15.1 Å². The smallest absolute Gasteiger partial charge is 0.419 e. The van der Waals surface area contributed by atoms with Crippen molar-refractivity contribution in [3.05, 3.63) is 90.0 Å². The van der Waals surface area contributed by atoms with Gasteiger partial charge in [0, 0.05) is 25.3 Å². The molecule has 2 aliphatic heterocycles. The Morgan fingerprint density at radius 3 is 2.37 bits per heavy atom. The van der Waals surface area contributed by atoms with Crippen LogP contribution in [-0.4, -0.2) is 36.1 Å². The van der Waals surface area contributed by atoms with Gasteiger partial charge in [0.2, 0.25) is 5.91 Å². The molecule has 1 amide bonds. The van der Waals surface area contributed by atoms with E-state index in [0.29, 0.717) is 31.8 Å². The molecule has 2 fully saturated rings. The topological polar surface area (TPSA) is 44.8 Å². The van der Waals surface area contributed by atoms with Crippen LogP contribution in [0.1, 0.15) is 24.0 Å². The van der Waals surface area contributed by atoms with Crippen molar-refractivity contribution in [3.8, 4) is 11.5 Å². The zero-order chi connectivity index (χ0) is 24.5. The van der Waals surface area contributed by atoms with Gasteiger partial charge in [-0.15, -0.1) is 0 Å². The SMILES string of the molecule is O=C1NCN(c2ccccc2)C12CCN(Cc1cccc(Oc3ccccc3C(F)(F)F)c1)CC2. The lowest BCUT2D eigenvalue weighted by atomic mass is 9.85. The van der Waals surface area contributed by atoms with Crippen LogP contribution in [-0.2, 0) is 17.5 Å². The second-order valence-corrected chi connectivity index (χ2v) is 8.98. The van der Waals surface area contributed by atoms with Crippen LogP contribution in [0, 0.1) is 0 Å². The lowest BCUT2D eigenvalue weighted by Crippen LogP contribution is -2.56. The third-order valence-electron chi connectivity index (χ3n) is 6.81. The van der Waals surface area contributed by atoms with Crippen molar-refractivity contribution in [3.63, 3.8) is 0 Å². The molecule has 0 aliphatic carbocycles. The third-order valence-corrected chi connectivity index (χ3v) is 6.81. The van der Waals surface area contributed by atoms with Crippen molar-refractivity contribution < 1.29 is 22.7 Å². The maximum absolute atomic E-state index is 13.3. The number of alkyl halides is 3. The fourth-order valence-corrected chi connectivity index (χ4v) is 5.00. The highest BCUT2D eigenvalue weighted by Gasteiger charge is 2.50. The minimum Gasteiger partial charge on any atom is -0.457 e. The first-order chi connectivity index (χ1) is 16.8. The predicted molar refractivity (Wildman–Crippen MR) is 127 cm³/mol. The van der Waals surface area contributed by atoms with E-state index in [9.17, 15) is 18.0 Å².